The minimum Gasteiger partial charge on any atom is -0.313 e. The number of unbranched alkanes of at least 4 members (excludes halogenated alkanes) is 1. The van der Waals surface area contributed by atoms with Gasteiger partial charge in [-0.25, -0.2) is 0 Å². The van der Waals surface area contributed by atoms with Crippen molar-refractivity contribution in [3.8, 4) is 0 Å². The van der Waals surface area contributed by atoms with Gasteiger partial charge in [-0.3, -0.25) is 0 Å². The Balaban J connectivity index is 0.000000196. The second-order valence-electron chi connectivity index (χ2n) is 7.50. The average molecular weight is 338 g/mol. The number of aryl methyl sites for hydroxylation is 1. The van der Waals surface area contributed by atoms with Crippen LogP contribution >= 0.6 is 0 Å². The van der Waals surface area contributed by atoms with Crippen LogP contribution in [0.2, 0.25) is 0 Å². The van der Waals surface area contributed by atoms with E-state index in [0.717, 1.165) is 13.1 Å². The Hall–Kier alpha value is -1.60. The molecule has 3 rings (SSSR count). The molecule has 2 aliphatic rings. The van der Waals surface area contributed by atoms with Crippen molar-refractivity contribution in [2.45, 2.75) is 59.8 Å². The highest BCUT2D eigenvalue weighted by molar-refractivity contribution is 5.34. The highest BCUT2D eigenvalue weighted by Gasteiger charge is 2.22. The van der Waals surface area contributed by atoms with E-state index in [1.54, 1.807) is 11.1 Å². The summed E-state index contributed by atoms with van der Waals surface area (Å²) >= 11 is 0. The Bertz CT molecular complexity index is 619. The molecule has 0 saturated carbocycles. The van der Waals surface area contributed by atoms with E-state index in [2.05, 4.69) is 75.5 Å². The lowest BCUT2D eigenvalue weighted by Gasteiger charge is -2.29. The predicted molar refractivity (Wildman–Crippen MR) is 111 cm³/mol. The Morgan fingerprint density at radius 3 is 2.48 bits per heavy atom. The fourth-order valence-corrected chi connectivity index (χ4v) is 3.60. The molecule has 0 saturated heterocycles. The summed E-state index contributed by atoms with van der Waals surface area (Å²) in [7, 11) is 0. The van der Waals surface area contributed by atoms with Gasteiger partial charge in [-0.2, -0.15) is 0 Å². The van der Waals surface area contributed by atoms with Gasteiger partial charge in [-0.1, -0.05) is 72.5 Å². The standard InChI is InChI=1S/C14H21N.C10H14/c1-10-4-5-11(2)13(8-10)14-9-15-7-6-12(14)3;1-2-3-7-10-8-5-4-6-9-10/h4-5,13,15H,6-9H2,1-3H3;4-6,8-9H,2-3,7H2,1H3. The van der Waals surface area contributed by atoms with Crippen LogP contribution in [0.5, 0.6) is 0 Å². The van der Waals surface area contributed by atoms with Crippen LogP contribution < -0.4 is 5.32 Å². The van der Waals surface area contributed by atoms with Crippen LogP contribution in [0.1, 0.15) is 58.9 Å². The minimum absolute atomic E-state index is 0.669. The quantitative estimate of drug-likeness (QED) is 0.641. The normalized spacial score (nSPS) is 20.4. The molecule has 0 fully saturated rings. The van der Waals surface area contributed by atoms with E-state index in [1.165, 1.54) is 48.8 Å². The fourth-order valence-electron chi connectivity index (χ4n) is 3.60. The Labute approximate surface area is 154 Å². The Kier molecular flexibility index (Phi) is 8.21. The van der Waals surface area contributed by atoms with Crippen molar-refractivity contribution in [2.75, 3.05) is 13.1 Å². The second kappa shape index (κ2) is 10.4. The van der Waals surface area contributed by atoms with Crippen LogP contribution in [0.25, 0.3) is 0 Å². The molecule has 0 amide bonds. The summed E-state index contributed by atoms with van der Waals surface area (Å²) < 4.78 is 0. The third-order valence-electron chi connectivity index (χ3n) is 5.33. The van der Waals surface area contributed by atoms with Crippen molar-refractivity contribution >= 4 is 0 Å². The maximum atomic E-state index is 3.49. The van der Waals surface area contributed by atoms with E-state index < -0.39 is 0 Å². The molecule has 0 bridgehead atoms. The number of rotatable bonds is 4. The van der Waals surface area contributed by atoms with Gasteiger partial charge in [0.05, 0.1) is 0 Å². The van der Waals surface area contributed by atoms with Crippen molar-refractivity contribution in [3.63, 3.8) is 0 Å². The van der Waals surface area contributed by atoms with Crippen molar-refractivity contribution in [1.29, 1.82) is 0 Å². The first-order valence-electron chi connectivity index (χ1n) is 9.89. The molecule has 1 aliphatic heterocycles. The number of benzene rings is 1. The fraction of sp³-hybridized carbons (Fsp3) is 0.500. The van der Waals surface area contributed by atoms with Crippen LogP contribution in [0.4, 0.5) is 0 Å². The summed E-state index contributed by atoms with van der Waals surface area (Å²) in [6.45, 7) is 11.3. The third kappa shape index (κ3) is 6.32. The molecule has 1 heteroatoms. The summed E-state index contributed by atoms with van der Waals surface area (Å²) in [5.74, 6) is 0.669. The molecule has 1 heterocycles. The lowest BCUT2D eigenvalue weighted by molar-refractivity contribution is 0.584. The third-order valence-corrected chi connectivity index (χ3v) is 5.33. The zero-order chi connectivity index (χ0) is 18.1. The molecule has 1 N–H and O–H groups in total. The number of hydrogen-bond donors (Lipinski definition) is 1. The average Bonchev–Trinajstić information content (AvgIpc) is 2.64. The molecule has 1 aliphatic carbocycles. The van der Waals surface area contributed by atoms with Gasteiger partial charge in [0.25, 0.3) is 0 Å². The van der Waals surface area contributed by atoms with Gasteiger partial charge in [-0.15, -0.1) is 0 Å². The van der Waals surface area contributed by atoms with Crippen LogP contribution in [0.15, 0.2) is 64.8 Å². The molecular formula is C24H35N. The monoisotopic (exact) mass is 337 g/mol. The molecule has 136 valence electrons. The zero-order valence-electron chi connectivity index (χ0n) is 16.6. The van der Waals surface area contributed by atoms with Gasteiger partial charge in [0.1, 0.15) is 0 Å². The van der Waals surface area contributed by atoms with Crippen molar-refractivity contribution in [3.05, 3.63) is 70.3 Å². The molecule has 1 unspecified atom stereocenters. The maximum Gasteiger partial charge on any atom is 0.0173 e. The summed E-state index contributed by atoms with van der Waals surface area (Å²) in [4.78, 5) is 0. The largest absolute Gasteiger partial charge is 0.313 e. The van der Waals surface area contributed by atoms with E-state index in [9.17, 15) is 0 Å². The molecule has 0 spiro atoms. The molecular weight excluding hydrogens is 302 g/mol. The van der Waals surface area contributed by atoms with Gasteiger partial charge in [-0.05, 0) is 64.1 Å². The van der Waals surface area contributed by atoms with E-state index in [1.807, 2.05) is 0 Å². The highest BCUT2D eigenvalue weighted by atomic mass is 14.9. The number of allylic oxidation sites excluding steroid dienone is 4. The van der Waals surface area contributed by atoms with Crippen molar-refractivity contribution in [1.82, 2.24) is 5.32 Å². The van der Waals surface area contributed by atoms with Crippen LogP contribution in [-0.2, 0) is 6.42 Å². The lowest BCUT2D eigenvalue weighted by Crippen LogP contribution is -2.29. The van der Waals surface area contributed by atoms with E-state index in [4.69, 9.17) is 0 Å². The highest BCUT2D eigenvalue weighted by Crippen LogP contribution is 2.33. The van der Waals surface area contributed by atoms with Crippen molar-refractivity contribution in [2.24, 2.45) is 5.92 Å². The molecule has 25 heavy (non-hydrogen) atoms. The smallest absolute Gasteiger partial charge is 0.0173 e. The van der Waals surface area contributed by atoms with E-state index in [0.29, 0.717) is 5.92 Å². The topological polar surface area (TPSA) is 12.0 Å². The predicted octanol–water partition coefficient (Wildman–Crippen LogP) is 6.24. The van der Waals surface area contributed by atoms with E-state index in [-0.39, 0.29) is 0 Å². The van der Waals surface area contributed by atoms with E-state index >= 15 is 0 Å². The van der Waals surface area contributed by atoms with Gasteiger partial charge < -0.3 is 5.32 Å². The van der Waals surface area contributed by atoms with Gasteiger partial charge in [0.2, 0.25) is 0 Å². The summed E-state index contributed by atoms with van der Waals surface area (Å²) in [5.41, 5.74) is 7.75. The molecule has 1 atom stereocenters. The first-order valence-corrected chi connectivity index (χ1v) is 9.89. The van der Waals surface area contributed by atoms with Gasteiger partial charge in [0, 0.05) is 12.5 Å². The number of nitrogens with one attached hydrogen (secondary N) is 1. The first-order chi connectivity index (χ1) is 12.1. The molecule has 0 radical (unpaired) electrons. The minimum atomic E-state index is 0.669. The molecule has 1 nitrogen and oxygen atoms in total. The SMILES string of the molecule is CC1=CC=C(C)C(C2=C(C)CCNC2)C1.CCCCc1ccccc1. The second-order valence-corrected chi connectivity index (χ2v) is 7.50. The van der Waals surface area contributed by atoms with Crippen LogP contribution in [-0.4, -0.2) is 13.1 Å². The Morgan fingerprint density at radius 2 is 1.80 bits per heavy atom. The zero-order valence-corrected chi connectivity index (χ0v) is 16.6. The van der Waals surface area contributed by atoms with Gasteiger partial charge >= 0.3 is 0 Å². The summed E-state index contributed by atoms with van der Waals surface area (Å²) in [6.07, 6.45) is 10.8. The first kappa shape index (κ1) is 19.7. The Morgan fingerprint density at radius 1 is 1.04 bits per heavy atom. The summed E-state index contributed by atoms with van der Waals surface area (Å²) in [6, 6.07) is 10.6. The molecule has 1 aromatic rings. The molecule has 1 aromatic carbocycles. The maximum absolute atomic E-state index is 3.49. The van der Waals surface area contributed by atoms with Crippen LogP contribution in [0.3, 0.4) is 0 Å². The molecule has 0 aromatic heterocycles. The van der Waals surface area contributed by atoms with Crippen LogP contribution in [0, 0.1) is 5.92 Å². The van der Waals surface area contributed by atoms with Gasteiger partial charge in [0.15, 0.2) is 0 Å². The number of hydrogen-bond acceptors (Lipinski definition) is 1. The lowest BCUT2D eigenvalue weighted by atomic mass is 9.79. The summed E-state index contributed by atoms with van der Waals surface area (Å²) in [5, 5.41) is 3.49. The van der Waals surface area contributed by atoms with Crippen molar-refractivity contribution < 1.29 is 0 Å².